The number of hydrogen-bond donors (Lipinski definition) is 0. The average molecular weight is 261 g/mol. The van der Waals surface area contributed by atoms with Gasteiger partial charge in [0.2, 0.25) is 6.29 Å². The number of hydrogen-bond acceptors (Lipinski definition) is 4. The van der Waals surface area contributed by atoms with E-state index in [1.54, 1.807) is 13.1 Å². The van der Waals surface area contributed by atoms with Gasteiger partial charge in [0.15, 0.2) is 0 Å². The minimum atomic E-state index is -0.672. The molecule has 1 atom stereocenters. The van der Waals surface area contributed by atoms with Crippen LogP contribution in [0.25, 0.3) is 0 Å². The van der Waals surface area contributed by atoms with Crippen molar-refractivity contribution in [3.8, 4) is 0 Å². The fraction of sp³-hybridized carbons (Fsp3) is 0.333. The number of rotatable bonds is 7. The van der Waals surface area contributed by atoms with Crippen LogP contribution in [-0.2, 0) is 14.3 Å². The van der Waals surface area contributed by atoms with Gasteiger partial charge in [0, 0.05) is 18.4 Å². The molecule has 1 aromatic rings. The molecular weight excluding hydrogens is 242 g/mol. The standard InChI is InChI=1S/C15H19NO3/c1-4-18-14(19-15(17)12(2)3)11-16-10-13-8-6-5-7-9-13/h5-10,14H,2,4,11H2,1,3H3. The van der Waals surface area contributed by atoms with E-state index < -0.39 is 12.3 Å². The van der Waals surface area contributed by atoms with Crippen LogP contribution in [0, 0.1) is 0 Å². The van der Waals surface area contributed by atoms with Crippen molar-refractivity contribution in [3.63, 3.8) is 0 Å². The lowest BCUT2D eigenvalue weighted by molar-refractivity contribution is -0.170. The van der Waals surface area contributed by atoms with Crippen LogP contribution in [0.4, 0.5) is 0 Å². The Morgan fingerprint density at radius 1 is 1.42 bits per heavy atom. The number of nitrogens with zero attached hydrogens (tertiary/aromatic N) is 1. The molecule has 0 amide bonds. The Kier molecular flexibility index (Phi) is 6.53. The second-order valence-electron chi connectivity index (χ2n) is 3.98. The molecule has 102 valence electrons. The zero-order chi connectivity index (χ0) is 14.1. The van der Waals surface area contributed by atoms with Gasteiger partial charge in [0.25, 0.3) is 0 Å². The van der Waals surface area contributed by atoms with Gasteiger partial charge < -0.3 is 9.47 Å². The quantitative estimate of drug-likeness (QED) is 0.328. The summed E-state index contributed by atoms with van der Waals surface area (Å²) in [5, 5.41) is 0. The molecule has 0 heterocycles. The van der Waals surface area contributed by atoms with Gasteiger partial charge in [-0.25, -0.2) is 4.79 Å². The lowest BCUT2D eigenvalue weighted by atomic mass is 10.2. The molecule has 4 heteroatoms. The van der Waals surface area contributed by atoms with Gasteiger partial charge in [0.05, 0.1) is 0 Å². The van der Waals surface area contributed by atoms with Crippen LogP contribution in [0.5, 0.6) is 0 Å². The van der Waals surface area contributed by atoms with Gasteiger partial charge in [-0.1, -0.05) is 36.9 Å². The first-order valence-electron chi connectivity index (χ1n) is 6.16. The topological polar surface area (TPSA) is 47.9 Å². The normalized spacial score (nSPS) is 12.3. The maximum absolute atomic E-state index is 11.4. The number of ether oxygens (including phenoxy) is 2. The molecule has 0 aliphatic heterocycles. The van der Waals surface area contributed by atoms with Crippen LogP contribution < -0.4 is 0 Å². The van der Waals surface area contributed by atoms with E-state index in [0.29, 0.717) is 12.2 Å². The third-order valence-corrected chi connectivity index (χ3v) is 2.23. The van der Waals surface area contributed by atoms with Gasteiger partial charge >= 0.3 is 5.97 Å². The zero-order valence-corrected chi connectivity index (χ0v) is 11.3. The summed E-state index contributed by atoms with van der Waals surface area (Å²) in [5.74, 6) is -0.464. The van der Waals surface area contributed by atoms with Gasteiger partial charge in [-0.05, 0) is 19.4 Å². The molecule has 4 nitrogen and oxygen atoms in total. The van der Waals surface area contributed by atoms with E-state index in [1.165, 1.54) is 0 Å². The highest BCUT2D eigenvalue weighted by Gasteiger charge is 2.13. The van der Waals surface area contributed by atoms with Crippen molar-refractivity contribution in [1.82, 2.24) is 0 Å². The summed E-state index contributed by atoms with van der Waals surface area (Å²) in [6, 6.07) is 9.69. The SMILES string of the molecule is C=C(C)C(=O)OC(CN=Cc1ccccc1)OCC. The Hall–Kier alpha value is -1.94. The first-order valence-corrected chi connectivity index (χ1v) is 6.16. The molecule has 0 bridgehead atoms. The van der Waals surface area contributed by atoms with Crippen LogP contribution in [0.15, 0.2) is 47.5 Å². The van der Waals surface area contributed by atoms with Crippen molar-refractivity contribution in [1.29, 1.82) is 0 Å². The Morgan fingerprint density at radius 3 is 2.68 bits per heavy atom. The van der Waals surface area contributed by atoms with Crippen molar-refractivity contribution in [2.75, 3.05) is 13.2 Å². The van der Waals surface area contributed by atoms with E-state index in [1.807, 2.05) is 37.3 Å². The predicted octanol–water partition coefficient (Wildman–Crippen LogP) is 2.59. The van der Waals surface area contributed by atoms with Crippen molar-refractivity contribution >= 4 is 12.2 Å². The first kappa shape index (κ1) is 15.1. The highest BCUT2D eigenvalue weighted by Crippen LogP contribution is 2.02. The van der Waals surface area contributed by atoms with E-state index in [2.05, 4.69) is 11.6 Å². The average Bonchev–Trinajstić information content (AvgIpc) is 2.40. The van der Waals surface area contributed by atoms with Gasteiger partial charge in [-0.15, -0.1) is 0 Å². The summed E-state index contributed by atoms with van der Waals surface area (Å²) in [5.41, 5.74) is 1.33. The Labute approximate surface area is 113 Å². The predicted molar refractivity (Wildman–Crippen MR) is 75.2 cm³/mol. The molecule has 0 N–H and O–H groups in total. The smallest absolute Gasteiger partial charge is 0.335 e. The largest absolute Gasteiger partial charge is 0.430 e. The minimum absolute atomic E-state index is 0.266. The summed E-state index contributed by atoms with van der Waals surface area (Å²) in [6.07, 6.45) is 1.05. The molecule has 0 radical (unpaired) electrons. The van der Waals surface area contributed by atoms with Crippen LogP contribution in [0.2, 0.25) is 0 Å². The second kappa shape index (κ2) is 8.21. The van der Waals surface area contributed by atoms with Crippen LogP contribution in [-0.4, -0.2) is 31.6 Å². The summed E-state index contributed by atoms with van der Waals surface area (Å²) in [4.78, 5) is 15.6. The molecular formula is C15H19NO3. The number of benzene rings is 1. The molecule has 0 aliphatic rings. The third kappa shape index (κ3) is 5.97. The molecule has 1 aromatic carbocycles. The van der Waals surface area contributed by atoms with Gasteiger partial charge in [-0.3, -0.25) is 4.99 Å². The van der Waals surface area contributed by atoms with E-state index in [4.69, 9.17) is 9.47 Å². The Balaban J connectivity index is 2.52. The van der Waals surface area contributed by atoms with Gasteiger partial charge in [-0.2, -0.15) is 0 Å². The number of carbonyl (C=O) groups is 1. The summed E-state index contributed by atoms with van der Waals surface area (Å²) in [7, 11) is 0. The highest BCUT2D eigenvalue weighted by atomic mass is 16.7. The molecule has 1 rings (SSSR count). The van der Waals surface area contributed by atoms with Crippen molar-refractivity contribution in [3.05, 3.63) is 48.0 Å². The van der Waals surface area contributed by atoms with Crippen LogP contribution in [0.3, 0.4) is 0 Å². The summed E-state index contributed by atoms with van der Waals surface area (Å²) in [6.45, 7) is 7.68. The maximum Gasteiger partial charge on any atom is 0.335 e. The molecule has 0 fully saturated rings. The lowest BCUT2D eigenvalue weighted by Gasteiger charge is -2.15. The van der Waals surface area contributed by atoms with E-state index in [0.717, 1.165) is 5.56 Å². The molecule has 0 spiro atoms. The fourth-order valence-electron chi connectivity index (χ4n) is 1.31. The highest BCUT2D eigenvalue weighted by molar-refractivity contribution is 5.87. The molecule has 0 aromatic heterocycles. The number of aliphatic imine (C=N–C) groups is 1. The lowest BCUT2D eigenvalue weighted by Crippen LogP contribution is -2.24. The maximum atomic E-state index is 11.4. The van der Waals surface area contributed by atoms with E-state index >= 15 is 0 Å². The Morgan fingerprint density at radius 2 is 2.11 bits per heavy atom. The first-order chi connectivity index (χ1) is 9.13. The van der Waals surface area contributed by atoms with Crippen molar-refractivity contribution in [2.45, 2.75) is 20.1 Å². The summed E-state index contributed by atoms with van der Waals surface area (Å²) >= 11 is 0. The van der Waals surface area contributed by atoms with Crippen LogP contribution >= 0.6 is 0 Å². The van der Waals surface area contributed by atoms with E-state index in [-0.39, 0.29) is 6.54 Å². The monoisotopic (exact) mass is 261 g/mol. The molecule has 19 heavy (non-hydrogen) atoms. The van der Waals surface area contributed by atoms with Crippen molar-refractivity contribution < 1.29 is 14.3 Å². The van der Waals surface area contributed by atoms with Crippen molar-refractivity contribution in [2.24, 2.45) is 4.99 Å². The molecule has 0 aliphatic carbocycles. The third-order valence-electron chi connectivity index (χ3n) is 2.23. The fourth-order valence-corrected chi connectivity index (χ4v) is 1.31. The molecule has 0 saturated heterocycles. The van der Waals surface area contributed by atoms with Gasteiger partial charge in [0.1, 0.15) is 6.54 Å². The molecule has 1 unspecified atom stereocenters. The molecule has 0 saturated carbocycles. The number of carbonyl (C=O) groups excluding carboxylic acids is 1. The summed E-state index contributed by atoms with van der Waals surface area (Å²) < 4.78 is 10.4. The zero-order valence-electron chi connectivity index (χ0n) is 11.3. The van der Waals surface area contributed by atoms with Crippen LogP contribution in [0.1, 0.15) is 19.4 Å². The minimum Gasteiger partial charge on any atom is -0.430 e. The Bertz CT molecular complexity index is 440. The number of esters is 1. The van der Waals surface area contributed by atoms with E-state index in [9.17, 15) is 4.79 Å². The second-order valence-corrected chi connectivity index (χ2v) is 3.98.